The first-order chi connectivity index (χ1) is 8.45. The molecular formula is C13H14O4S. The van der Waals surface area contributed by atoms with Crippen molar-refractivity contribution in [2.75, 3.05) is 0 Å². The van der Waals surface area contributed by atoms with Crippen molar-refractivity contribution in [3.8, 4) is 5.75 Å². The van der Waals surface area contributed by atoms with Crippen LogP contribution in [0.2, 0.25) is 0 Å². The molecule has 5 heteroatoms. The summed E-state index contributed by atoms with van der Waals surface area (Å²) in [5, 5.41) is 11.0. The molecule has 0 spiro atoms. The van der Waals surface area contributed by atoms with Gasteiger partial charge in [0.15, 0.2) is 0 Å². The van der Waals surface area contributed by atoms with Crippen molar-refractivity contribution in [2.45, 2.75) is 24.7 Å². The summed E-state index contributed by atoms with van der Waals surface area (Å²) < 4.78 is 31.8. The van der Waals surface area contributed by atoms with Crippen LogP contribution in [0.25, 0.3) is 10.8 Å². The summed E-state index contributed by atoms with van der Waals surface area (Å²) in [6.07, 6.45) is 1.49. The molecule has 18 heavy (non-hydrogen) atoms. The van der Waals surface area contributed by atoms with Crippen LogP contribution >= 0.6 is 0 Å². The lowest BCUT2D eigenvalue weighted by Crippen LogP contribution is -2.01. The molecular weight excluding hydrogens is 252 g/mol. The second kappa shape index (κ2) is 4.59. The Balaban J connectivity index is 2.90. The lowest BCUT2D eigenvalue weighted by Gasteiger charge is -2.11. The molecule has 2 rings (SSSR count). The minimum atomic E-state index is -4.34. The van der Waals surface area contributed by atoms with E-state index in [2.05, 4.69) is 0 Å². The van der Waals surface area contributed by atoms with Crippen LogP contribution in [-0.2, 0) is 16.5 Å². The summed E-state index contributed by atoms with van der Waals surface area (Å²) in [6.45, 7) is 1.98. The second-order valence-corrected chi connectivity index (χ2v) is 5.53. The zero-order valence-electron chi connectivity index (χ0n) is 9.92. The molecule has 0 saturated carbocycles. The smallest absolute Gasteiger partial charge is 0.295 e. The van der Waals surface area contributed by atoms with Crippen LogP contribution in [0.4, 0.5) is 0 Å². The molecule has 0 aliphatic heterocycles. The molecule has 0 unspecified atom stereocenters. The Morgan fingerprint density at radius 2 is 1.78 bits per heavy atom. The van der Waals surface area contributed by atoms with Gasteiger partial charge in [0.05, 0.1) is 0 Å². The number of phenolic OH excluding ortho intramolecular Hbond substituents is 1. The van der Waals surface area contributed by atoms with Crippen molar-refractivity contribution in [3.63, 3.8) is 0 Å². The van der Waals surface area contributed by atoms with Gasteiger partial charge in [0.1, 0.15) is 10.6 Å². The SMILES string of the molecule is CCCc1c(O)cc(S(=O)(=O)O)c2ccccc12. The number of aromatic hydroxyl groups is 1. The van der Waals surface area contributed by atoms with E-state index in [1.807, 2.05) is 6.92 Å². The van der Waals surface area contributed by atoms with E-state index in [1.54, 1.807) is 24.3 Å². The van der Waals surface area contributed by atoms with Crippen LogP contribution in [0.1, 0.15) is 18.9 Å². The highest BCUT2D eigenvalue weighted by atomic mass is 32.2. The van der Waals surface area contributed by atoms with Gasteiger partial charge in [-0.2, -0.15) is 8.42 Å². The van der Waals surface area contributed by atoms with E-state index in [9.17, 15) is 18.1 Å². The van der Waals surface area contributed by atoms with Gasteiger partial charge in [-0.15, -0.1) is 0 Å². The maximum Gasteiger partial charge on any atom is 0.295 e. The van der Waals surface area contributed by atoms with Gasteiger partial charge in [0.2, 0.25) is 0 Å². The summed E-state index contributed by atoms with van der Waals surface area (Å²) >= 11 is 0. The van der Waals surface area contributed by atoms with Crippen LogP contribution in [0, 0.1) is 0 Å². The molecule has 0 aliphatic carbocycles. The maximum absolute atomic E-state index is 11.3. The second-order valence-electron chi connectivity index (χ2n) is 4.14. The first-order valence-electron chi connectivity index (χ1n) is 5.66. The third-order valence-electron chi connectivity index (χ3n) is 2.87. The van der Waals surface area contributed by atoms with Crippen molar-refractivity contribution in [3.05, 3.63) is 35.9 Å². The Labute approximate surface area is 106 Å². The van der Waals surface area contributed by atoms with Crippen molar-refractivity contribution >= 4 is 20.9 Å². The summed E-state index contributed by atoms with van der Waals surface area (Å²) in [5.74, 6) is -0.0943. The van der Waals surface area contributed by atoms with Crippen molar-refractivity contribution in [1.29, 1.82) is 0 Å². The van der Waals surface area contributed by atoms with Gasteiger partial charge >= 0.3 is 0 Å². The molecule has 0 radical (unpaired) electrons. The van der Waals surface area contributed by atoms with Crippen LogP contribution in [-0.4, -0.2) is 18.1 Å². The average molecular weight is 266 g/mol. The van der Waals surface area contributed by atoms with Crippen molar-refractivity contribution in [2.24, 2.45) is 0 Å². The quantitative estimate of drug-likeness (QED) is 0.838. The average Bonchev–Trinajstić information content (AvgIpc) is 2.31. The minimum Gasteiger partial charge on any atom is -0.508 e. The van der Waals surface area contributed by atoms with Gasteiger partial charge in [-0.1, -0.05) is 37.6 Å². The van der Waals surface area contributed by atoms with Gasteiger partial charge in [0, 0.05) is 17.0 Å². The summed E-state index contributed by atoms with van der Waals surface area (Å²) in [5.41, 5.74) is 0.709. The van der Waals surface area contributed by atoms with Crippen LogP contribution < -0.4 is 0 Å². The van der Waals surface area contributed by atoms with E-state index in [1.165, 1.54) is 0 Å². The highest BCUT2D eigenvalue weighted by molar-refractivity contribution is 7.86. The minimum absolute atomic E-state index is 0.0943. The highest BCUT2D eigenvalue weighted by Gasteiger charge is 2.18. The summed E-state index contributed by atoms with van der Waals surface area (Å²) in [7, 11) is -4.34. The summed E-state index contributed by atoms with van der Waals surface area (Å²) in [6, 6.07) is 7.95. The van der Waals surface area contributed by atoms with Gasteiger partial charge in [-0.3, -0.25) is 4.55 Å². The van der Waals surface area contributed by atoms with Gasteiger partial charge < -0.3 is 5.11 Å². The third-order valence-corrected chi connectivity index (χ3v) is 3.77. The largest absolute Gasteiger partial charge is 0.508 e. The maximum atomic E-state index is 11.3. The van der Waals surface area contributed by atoms with E-state index in [-0.39, 0.29) is 10.6 Å². The Morgan fingerprint density at radius 3 is 2.33 bits per heavy atom. The molecule has 2 aromatic rings. The molecule has 2 aromatic carbocycles. The topological polar surface area (TPSA) is 74.6 Å². The molecule has 96 valence electrons. The predicted octanol–water partition coefficient (Wildman–Crippen LogP) is 2.74. The number of rotatable bonds is 3. The van der Waals surface area contributed by atoms with E-state index in [0.717, 1.165) is 12.5 Å². The number of hydrogen-bond donors (Lipinski definition) is 2. The lowest BCUT2D eigenvalue weighted by molar-refractivity contribution is 0.462. The molecule has 0 heterocycles. The molecule has 0 saturated heterocycles. The van der Waals surface area contributed by atoms with Crippen LogP contribution in [0.5, 0.6) is 5.75 Å². The Morgan fingerprint density at radius 1 is 1.17 bits per heavy atom. The van der Waals surface area contributed by atoms with E-state index < -0.39 is 10.1 Å². The van der Waals surface area contributed by atoms with Crippen molar-refractivity contribution < 1.29 is 18.1 Å². The standard InChI is InChI=1S/C13H14O4S/c1-2-5-10-9-6-3-4-7-11(9)13(8-12(10)14)18(15,16)17/h3-4,6-8,14H,2,5H2,1H3,(H,15,16,17). The fraction of sp³-hybridized carbons (Fsp3) is 0.231. The number of hydrogen-bond acceptors (Lipinski definition) is 3. The van der Waals surface area contributed by atoms with Crippen LogP contribution in [0.15, 0.2) is 35.2 Å². The normalized spacial score (nSPS) is 11.9. The molecule has 0 aromatic heterocycles. The molecule has 2 N–H and O–H groups in total. The zero-order valence-corrected chi connectivity index (χ0v) is 10.7. The van der Waals surface area contributed by atoms with Gasteiger partial charge in [0.25, 0.3) is 10.1 Å². The molecule has 0 aliphatic rings. The molecule has 0 atom stereocenters. The monoisotopic (exact) mass is 266 g/mol. The predicted molar refractivity (Wildman–Crippen MR) is 69.4 cm³/mol. The molecule has 0 bridgehead atoms. The fourth-order valence-electron chi connectivity index (χ4n) is 2.11. The summed E-state index contributed by atoms with van der Waals surface area (Å²) in [4.78, 5) is -0.254. The van der Waals surface area contributed by atoms with E-state index in [4.69, 9.17) is 0 Å². The van der Waals surface area contributed by atoms with Gasteiger partial charge in [-0.25, -0.2) is 0 Å². The van der Waals surface area contributed by atoms with E-state index >= 15 is 0 Å². The molecule has 4 nitrogen and oxygen atoms in total. The number of fused-ring (bicyclic) bond motifs is 1. The van der Waals surface area contributed by atoms with E-state index in [0.29, 0.717) is 22.8 Å². The number of benzene rings is 2. The zero-order chi connectivity index (χ0) is 13.3. The van der Waals surface area contributed by atoms with Crippen LogP contribution in [0.3, 0.4) is 0 Å². The highest BCUT2D eigenvalue weighted by Crippen LogP contribution is 2.33. The first-order valence-corrected chi connectivity index (χ1v) is 7.10. The molecule has 0 amide bonds. The Bertz CT molecular complexity index is 689. The van der Waals surface area contributed by atoms with Crippen molar-refractivity contribution in [1.82, 2.24) is 0 Å². The Hall–Kier alpha value is -1.59. The fourth-order valence-corrected chi connectivity index (χ4v) is 2.83. The molecule has 0 fully saturated rings. The van der Waals surface area contributed by atoms with Gasteiger partial charge in [-0.05, 0) is 11.8 Å². The third kappa shape index (κ3) is 2.19. The number of aryl methyl sites for hydroxylation is 1. The number of phenols is 1. The first kappa shape index (κ1) is 12.9. The Kier molecular flexibility index (Phi) is 3.28. The lowest BCUT2D eigenvalue weighted by atomic mass is 10.00.